The van der Waals surface area contributed by atoms with Crippen LogP contribution in [0, 0.1) is 11.3 Å². The summed E-state index contributed by atoms with van der Waals surface area (Å²) in [5, 5.41) is 7.30. The van der Waals surface area contributed by atoms with Crippen molar-refractivity contribution in [3.63, 3.8) is 0 Å². The van der Waals surface area contributed by atoms with Gasteiger partial charge in [-0.25, -0.2) is 4.98 Å². The summed E-state index contributed by atoms with van der Waals surface area (Å²) in [6, 6.07) is 0. The molecule has 36 heavy (non-hydrogen) atoms. The molecule has 2 aromatic heterocycles. The number of nitrogens with two attached hydrogens (primary N) is 1. The highest BCUT2D eigenvalue weighted by atomic mass is 19.4. The number of allylic oxidation sites excluding steroid dienone is 1. The number of carbonyl (C=O) groups excluding carboxylic acids is 1. The van der Waals surface area contributed by atoms with Crippen LogP contribution in [0.5, 0.6) is 6.08 Å². The number of fused-ring (bicyclic) bond motifs is 1. The fraction of sp³-hybridized carbons (Fsp3) is 0.550. The van der Waals surface area contributed by atoms with Crippen molar-refractivity contribution in [2.45, 2.75) is 31.3 Å². The minimum Gasteiger partial charge on any atom is -0.447 e. The molecule has 1 fully saturated rings. The fourth-order valence-corrected chi connectivity index (χ4v) is 4.18. The Bertz CT molecular complexity index is 1140. The SMILES string of the molecule is NC(=O)c1cnc2c(n1)C=C[C@@]([C@@H]1COCC(c3nnc(OCCOC(F)(F)F)o3)C1)(C(F)(F)F)C2. The van der Waals surface area contributed by atoms with E-state index in [4.69, 9.17) is 19.6 Å². The number of nitrogens with zero attached hydrogens (tertiary/aromatic N) is 4. The molecule has 4 rings (SSSR count). The fourth-order valence-electron chi connectivity index (χ4n) is 4.18. The molecule has 2 N–H and O–H groups in total. The lowest BCUT2D eigenvalue weighted by atomic mass is 9.66. The summed E-state index contributed by atoms with van der Waals surface area (Å²) in [5.74, 6) is -2.73. The maximum absolute atomic E-state index is 14.5. The molecule has 196 valence electrons. The van der Waals surface area contributed by atoms with E-state index in [1.165, 1.54) is 0 Å². The van der Waals surface area contributed by atoms with E-state index < -0.39 is 61.4 Å². The number of halogens is 6. The smallest absolute Gasteiger partial charge is 0.447 e. The normalized spacial score (nSPS) is 24.4. The number of primary amides is 1. The Hall–Kier alpha value is -3.27. The van der Waals surface area contributed by atoms with Crippen molar-refractivity contribution >= 4 is 12.0 Å². The van der Waals surface area contributed by atoms with Gasteiger partial charge >= 0.3 is 18.6 Å². The maximum Gasteiger partial charge on any atom is 0.522 e. The largest absolute Gasteiger partial charge is 0.522 e. The van der Waals surface area contributed by atoms with Gasteiger partial charge in [0, 0.05) is 12.3 Å². The van der Waals surface area contributed by atoms with E-state index in [2.05, 4.69) is 24.9 Å². The molecule has 0 aromatic carbocycles. The summed E-state index contributed by atoms with van der Waals surface area (Å²) in [6.07, 6.45) is -7.36. The van der Waals surface area contributed by atoms with E-state index in [-0.39, 0.29) is 42.6 Å². The summed E-state index contributed by atoms with van der Waals surface area (Å²) in [4.78, 5) is 19.3. The molecule has 3 atom stereocenters. The number of rotatable bonds is 7. The predicted molar refractivity (Wildman–Crippen MR) is 105 cm³/mol. The first-order chi connectivity index (χ1) is 16.9. The molecule has 16 heteroatoms. The maximum atomic E-state index is 14.5. The molecule has 3 heterocycles. The highest BCUT2D eigenvalue weighted by Crippen LogP contribution is 2.53. The van der Waals surface area contributed by atoms with Crippen LogP contribution in [0.1, 0.15) is 40.1 Å². The Balaban J connectivity index is 1.49. The number of ether oxygens (including phenoxy) is 3. The van der Waals surface area contributed by atoms with Crippen LogP contribution in [0.25, 0.3) is 6.08 Å². The predicted octanol–water partition coefficient (Wildman–Crippen LogP) is 2.81. The van der Waals surface area contributed by atoms with Gasteiger partial charge in [0.05, 0.1) is 48.7 Å². The van der Waals surface area contributed by atoms with E-state index in [1.807, 2.05) is 0 Å². The minimum absolute atomic E-state index is 0.00860. The molecule has 0 saturated carbocycles. The minimum atomic E-state index is -4.82. The second-order valence-electron chi connectivity index (χ2n) is 8.22. The van der Waals surface area contributed by atoms with Crippen molar-refractivity contribution in [2.75, 3.05) is 26.4 Å². The molecular weight excluding hydrogens is 504 g/mol. The van der Waals surface area contributed by atoms with Crippen LogP contribution in [-0.2, 0) is 15.9 Å². The van der Waals surface area contributed by atoms with Crippen LogP contribution < -0.4 is 10.5 Å². The quantitative estimate of drug-likeness (QED) is 0.429. The van der Waals surface area contributed by atoms with E-state index in [0.29, 0.717) is 0 Å². The van der Waals surface area contributed by atoms with Gasteiger partial charge in [-0.3, -0.25) is 14.5 Å². The van der Waals surface area contributed by atoms with Gasteiger partial charge in [-0.1, -0.05) is 11.2 Å². The highest BCUT2D eigenvalue weighted by Gasteiger charge is 2.60. The average molecular weight is 523 g/mol. The zero-order chi connectivity index (χ0) is 26.1. The number of aromatic nitrogens is 4. The summed E-state index contributed by atoms with van der Waals surface area (Å²) >= 11 is 0. The first kappa shape index (κ1) is 25.8. The summed E-state index contributed by atoms with van der Waals surface area (Å²) < 4.78 is 98.7. The molecule has 1 amide bonds. The lowest BCUT2D eigenvalue weighted by Crippen LogP contribution is -2.49. The van der Waals surface area contributed by atoms with E-state index in [9.17, 15) is 31.1 Å². The summed E-state index contributed by atoms with van der Waals surface area (Å²) in [5.41, 5.74) is 2.82. The second kappa shape index (κ2) is 9.65. The van der Waals surface area contributed by atoms with Crippen LogP contribution in [-0.4, -0.2) is 65.0 Å². The zero-order valence-corrected chi connectivity index (χ0v) is 18.3. The van der Waals surface area contributed by atoms with Crippen molar-refractivity contribution in [1.82, 2.24) is 20.2 Å². The Morgan fingerprint density at radius 2 is 1.94 bits per heavy atom. The number of carbonyl (C=O) groups is 1. The summed E-state index contributed by atoms with van der Waals surface area (Å²) in [7, 11) is 0. The van der Waals surface area contributed by atoms with Crippen LogP contribution >= 0.6 is 0 Å². The van der Waals surface area contributed by atoms with Crippen LogP contribution in [0.2, 0.25) is 0 Å². The Morgan fingerprint density at radius 3 is 2.64 bits per heavy atom. The first-order valence-electron chi connectivity index (χ1n) is 10.5. The lowest BCUT2D eigenvalue weighted by Gasteiger charge is -2.44. The number of amides is 1. The third-order valence-corrected chi connectivity index (χ3v) is 5.94. The van der Waals surface area contributed by atoms with Gasteiger partial charge in [0.2, 0.25) is 5.89 Å². The third kappa shape index (κ3) is 5.43. The number of hydrogen-bond acceptors (Lipinski definition) is 9. The third-order valence-electron chi connectivity index (χ3n) is 5.94. The molecule has 0 spiro atoms. The van der Waals surface area contributed by atoms with Crippen molar-refractivity contribution in [3.8, 4) is 6.08 Å². The molecule has 0 radical (unpaired) electrons. The standard InChI is InChI=1S/C20H19F6N5O5/c21-19(22,23)18(2-1-12-13(6-18)28-7-14(29-12)15(27)32)11-5-10(8-33-9-11)16-30-31-17(36-16)34-3-4-35-20(24,25)26/h1-2,7,10-11H,3-6,8-9H2,(H2,27,32)/t10?,11-,18+/m0/s1. The second-order valence-corrected chi connectivity index (χ2v) is 8.22. The topological polar surface area (TPSA) is 135 Å². The molecule has 1 saturated heterocycles. The molecular formula is C20H19F6N5O5. The zero-order valence-electron chi connectivity index (χ0n) is 18.3. The first-order valence-corrected chi connectivity index (χ1v) is 10.5. The van der Waals surface area contributed by atoms with Crippen molar-refractivity contribution in [3.05, 3.63) is 35.2 Å². The van der Waals surface area contributed by atoms with E-state index >= 15 is 0 Å². The van der Waals surface area contributed by atoms with Crippen molar-refractivity contribution in [1.29, 1.82) is 0 Å². The van der Waals surface area contributed by atoms with Gasteiger partial charge in [0.15, 0.2) is 0 Å². The van der Waals surface area contributed by atoms with Gasteiger partial charge in [-0.05, 0) is 12.5 Å². The van der Waals surface area contributed by atoms with Crippen molar-refractivity contribution in [2.24, 2.45) is 17.1 Å². The van der Waals surface area contributed by atoms with Gasteiger partial charge in [0.1, 0.15) is 12.3 Å². The molecule has 0 bridgehead atoms. The monoisotopic (exact) mass is 523 g/mol. The number of alkyl halides is 6. The van der Waals surface area contributed by atoms with Gasteiger partial charge < -0.3 is 19.6 Å². The molecule has 2 aliphatic rings. The van der Waals surface area contributed by atoms with Crippen LogP contribution in [0.4, 0.5) is 26.3 Å². The van der Waals surface area contributed by atoms with Gasteiger partial charge in [0.25, 0.3) is 5.91 Å². The van der Waals surface area contributed by atoms with Crippen molar-refractivity contribution < 1.29 is 49.8 Å². The molecule has 1 aliphatic carbocycles. The summed E-state index contributed by atoms with van der Waals surface area (Å²) in [6.45, 7) is -1.58. The van der Waals surface area contributed by atoms with Gasteiger partial charge in [-0.15, -0.1) is 18.3 Å². The van der Waals surface area contributed by atoms with Crippen LogP contribution in [0.3, 0.4) is 0 Å². The Labute approximate surface area is 198 Å². The van der Waals surface area contributed by atoms with E-state index in [1.54, 1.807) is 0 Å². The Kier molecular flexibility index (Phi) is 6.92. The average Bonchev–Trinajstić information content (AvgIpc) is 3.29. The molecule has 2 aromatic rings. The molecule has 1 unspecified atom stereocenters. The highest BCUT2D eigenvalue weighted by molar-refractivity contribution is 5.90. The molecule has 10 nitrogen and oxygen atoms in total. The molecule has 1 aliphatic heterocycles. The van der Waals surface area contributed by atoms with Crippen LogP contribution in [0.15, 0.2) is 16.7 Å². The van der Waals surface area contributed by atoms with E-state index in [0.717, 1.165) is 18.3 Å². The van der Waals surface area contributed by atoms with Gasteiger partial charge in [-0.2, -0.15) is 13.2 Å². The lowest BCUT2D eigenvalue weighted by molar-refractivity contribution is -0.325. The number of hydrogen-bond donors (Lipinski definition) is 1. The Morgan fingerprint density at radius 1 is 1.17 bits per heavy atom.